The first-order chi connectivity index (χ1) is 7.66. The Morgan fingerprint density at radius 1 is 1.38 bits per heavy atom. The van der Waals surface area contributed by atoms with Gasteiger partial charge < -0.3 is 5.32 Å². The number of anilines is 1. The molecule has 1 aliphatic carbocycles. The molecule has 1 aromatic carbocycles. The van der Waals surface area contributed by atoms with Crippen LogP contribution < -0.4 is 5.32 Å². The van der Waals surface area contributed by atoms with E-state index in [2.05, 4.69) is 5.32 Å². The van der Waals surface area contributed by atoms with E-state index in [1.807, 2.05) is 22.6 Å². The van der Waals surface area contributed by atoms with Crippen molar-refractivity contribution in [2.75, 3.05) is 5.32 Å². The molecule has 0 unspecified atom stereocenters. The third kappa shape index (κ3) is 2.72. The van der Waals surface area contributed by atoms with Crippen LogP contribution in [-0.4, -0.2) is 5.91 Å². The van der Waals surface area contributed by atoms with Crippen molar-refractivity contribution < 1.29 is 9.18 Å². The van der Waals surface area contributed by atoms with E-state index in [4.69, 9.17) is 0 Å². The van der Waals surface area contributed by atoms with Gasteiger partial charge in [0.25, 0.3) is 0 Å². The fraction of sp³-hybridized carbons (Fsp3) is 0.417. The third-order valence-electron chi connectivity index (χ3n) is 2.91. The third-order valence-corrected chi connectivity index (χ3v) is 3.81. The van der Waals surface area contributed by atoms with Crippen LogP contribution in [0, 0.1) is 15.3 Å². The molecule has 2 rings (SSSR count). The topological polar surface area (TPSA) is 29.1 Å². The van der Waals surface area contributed by atoms with Crippen molar-refractivity contribution in [3.05, 3.63) is 27.6 Å². The molecule has 0 aliphatic heterocycles. The summed E-state index contributed by atoms with van der Waals surface area (Å²) in [6, 6.07) is 4.40. The molecule has 86 valence electrons. The number of nitrogens with one attached hydrogen (secondary N) is 1. The molecule has 4 heteroatoms. The molecule has 0 spiro atoms. The zero-order chi connectivity index (χ0) is 11.5. The monoisotopic (exact) mass is 333 g/mol. The second-order valence-corrected chi connectivity index (χ2v) is 5.26. The predicted octanol–water partition coefficient (Wildman–Crippen LogP) is 3.56. The van der Waals surface area contributed by atoms with Crippen LogP contribution in [0.3, 0.4) is 0 Å². The Kier molecular flexibility index (Phi) is 3.78. The Morgan fingerprint density at radius 2 is 2.06 bits per heavy atom. The Morgan fingerprint density at radius 3 is 2.69 bits per heavy atom. The highest BCUT2D eigenvalue weighted by atomic mass is 127. The van der Waals surface area contributed by atoms with Crippen molar-refractivity contribution in [1.82, 2.24) is 0 Å². The number of hydrogen-bond acceptors (Lipinski definition) is 1. The van der Waals surface area contributed by atoms with Crippen LogP contribution in [0.25, 0.3) is 0 Å². The van der Waals surface area contributed by atoms with E-state index in [0.717, 1.165) is 29.3 Å². The van der Waals surface area contributed by atoms with Gasteiger partial charge in [-0.2, -0.15) is 0 Å². The Bertz CT molecular complexity index is 402. The van der Waals surface area contributed by atoms with E-state index in [1.54, 1.807) is 6.07 Å². The van der Waals surface area contributed by atoms with Gasteiger partial charge in [-0.15, -0.1) is 0 Å². The molecule has 0 bridgehead atoms. The first-order valence-corrected chi connectivity index (χ1v) is 6.50. The number of hydrogen-bond donors (Lipinski definition) is 1. The molecule has 1 aromatic rings. The maximum atomic E-state index is 12.9. The molecule has 0 heterocycles. The van der Waals surface area contributed by atoms with E-state index in [0.29, 0.717) is 5.69 Å². The number of carbonyl (C=O) groups excluding carboxylic acids is 1. The molecular weight excluding hydrogens is 320 g/mol. The highest BCUT2D eigenvalue weighted by Gasteiger charge is 2.22. The molecule has 1 amide bonds. The van der Waals surface area contributed by atoms with Gasteiger partial charge in [-0.25, -0.2) is 4.39 Å². The van der Waals surface area contributed by atoms with Gasteiger partial charge in [0.1, 0.15) is 5.82 Å². The van der Waals surface area contributed by atoms with Crippen LogP contribution in [-0.2, 0) is 4.79 Å². The van der Waals surface area contributed by atoms with Crippen LogP contribution in [0.15, 0.2) is 18.2 Å². The standard InChI is InChI=1S/C12H13FINO/c13-9-5-6-11(10(14)7-9)15-12(16)8-3-1-2-4-8/h5-8H,1-4H2,(H,15,16). The molecule has 16 heavy (non-hydrogen) atoms. The second kappa shape index (κ2) is 5.12. The molecule has 1 saturated carbocycles. The van der Waals surface area contributed by atoms with Gasteiger partial charge in [0.05, 0.1) is 5.69 Å². The zero-order valence-electron chi connectivity index (χ0n) is 8.80. The smallest absolute Gasteiger partial charge is 0.227 e. The van der Waals surface area contributed by atoms with Gasteiger partial charge in [0, 0.05) is 9.49 Å². The molecule has 1 N–H and O–H groups in total. The molecule has 0 atom stereocenters. The van der Waals surface area contributed by atoms with Crippen molar-refractivity contribution >= 4 is 34.2 Å². The van der Waals surface area contributed by atoms with E-state index in [1.165, 1.54) is 12.1 Å². The molecule has 0 saturated heterocycles. The van der Waals surface area contributed by atoms with Crippen molar-refractivity contribution in [3.63, 3.8) is 0 Å². The number of halogens is 2. The average molecular weight is 333 g/mol. The first kappa shape index (κ1) is 11.8. The summed E-state index contributed by atoms with van der Waals surface area (Å²) in [6.07, 6.45) is 4.23. The summed E-state index contributed by atoms with van der Waals surface area (Å²) in [4.78, 5) is 11.8. The second-order valence-electron chi connectivity index (χ2n) is 4.09. The zero-order valence-corrected chi connectivity index (χ0v) is 11.0. The van der Waals surface area contributed by atoms with Gasteiger partial charge in [0.2, 0.25) is 5.91 Å². The number of benzene rings is 1. The van der Waals surface area contributed by atoms with Crippen molar-refractivity contribution in [2.24, 2.45) is 5.92 Å². The molecule has 2 nitrogen and oxygen atoms in total. The summed E-state index contributed by atoms with van der Waals surface area (Å²) in [5, 5.41) is 2.87. The van der Waals surface area contributed by atoms with Gasteiger partial charge in [0.15, 0.2) is 0 Å². The van der Waals surface area contributed by atoms with Gasteiger partial charge >= 0.3 is 0 Å². The molecular formula is C12H13FINO. The summed E-state index contributed by atoms with van der Waals surface area (Å²) in [5.41, 5.74) is 0.707. The Hall–Kier alpha value is -0.650. The Labute approximate surface area is 108 Å². The number of rotatable bonds is 2. The molecule has 0 aromatic heterocycles. The quantitative estimate of drug-likeness (QED) is 0.824. The largest absolute Gasteiger partial charge is 0.325 e. The van der Waals surface area contributed by atoms with E-state index in [9.17, 15) is 9.18 Å². The van der Waals surface area contributed by atoms with Gasteiger partial charge in [-0.1, -0.05) is 12.8 Å². The molecule has 1 aliphatic rings. The van der Waals surface area contributed by atoms with Crippen LogP contribution in [0.2, 0.25) is 0 Å². The first-order valence-electron chi connectivity index (χ1n) is 5.43. The highest BCUT2D eigenvalue weighted by Crippen LogP contribution is 2.27. The Balaban J connectivity index is 2.05. The average Bonchev–Trinajstić information content (AvgIpc) is 2.75. The minimum absolute atomic E-state index is 0.0713. The SMILES string of the molecule is O=C(Nc1ccc(F)cc1I)C1CCCC1. The molecule has 1 fully saturated rings. The maximum absolute atomic E-state index is 12.9. The van der Waals surface area contributed by atoms with Crippen LogP contribution in [0.4, 0.5) is 10.1 Å². The highest BCUT2D eigenvalue weighted by molar-refractivity contribution is 14.1. The van der Waals surface area contributed by atoms with Crippen molar-refractivity contribution in [1.29, 1.82) is 0 Å². The van der Waals surface area contributed by atoms with Gasteiger partial charge in [-0.3, -0.25) is 4.79 Å². The van der Waals surface area contributed by atoms with E-state index in [-0.39, 0.29) is 17.6 Å². The minimum Gasteiger partial charge on any atom is -0.325 e. The fourth-order valence-electron chi connectivity index (χ4n) is 2.01. The van der Waals surface area contributed by atoms with Crippen LogP contribution >= 0.6 is 22.6 Å². The molecule has 0 radical (unpaired) electrons. The lowest BCUT2D eigenvalue weighted by molar-refractivity contribution is -0.119. The summed E-state index contributed by atoms with van der Waals surface area (Å²) in [5.74, 6) is -0.0638. The predicted molar refractivity (Wildman–Crippen MR) is 69.7 cm³/mol. The summed E-state index contributed by atoms with van der Waals surface area (Å²) in [6.45, 7) is 0. The maximum Gasteiger partial charge on any atom is 0.227 e. The summed E-state index contributed by atoms with van der Waals surface area (Å²) in [7, 11) is 0. The minimum atomic E-state index is -0.275. The van der Waals surface area contributed by atoms with Gasteiger partial charge in [-0.05, 0) is 53.6 Å². The van der Waals surface area contributed by atoms with Crippen molar-refractivity contribution in [2.45, 2.75) is 25.7 Å². The fourth-order valence-corrected chi connectivity index (χ4v) is 2.63. The number of amides is 1. The lowest BCUT2D eigenvalue weighted by Gasteiger charge is -2.11. The normalized spacial score (nSPS) is 16.4. The van der Waals surface area contributed by atoms with Crippen LogP contribution in [0.5, 0.6) is 0 Å². The summed E-state index contributed by atoms with van der Waals surface area (Å²) < 4.78 is 13.6. The van der Waals surface area contributed by atoms with Crippen LogP contribution in [0.1, 0.15) is 25.7 Å². The van der Waals surface area contributed by atoms with E-state index >= 15 is 0 Å². The van der Waals surface area contributed by atoms with Crippen molar-refractivity contribution in [3.8, 4) is 0 Å². The van der Waals surface area contributed by atoms with E-state index < -0.39 is 0 Å². The summed E-state index contributed by atoms with van der Waals surface area (Å²) >= 11 is 2.03. The number of carbonyl (C=O) groups is 1. The lowest BCUT2D eigenvalue weighted by Crippen LogP contribution is -2.20. The lowest BCUT2D eigenvalue weighted by atomic mass is 10.1.